The number of nitrogens with one attached hydrogen (secondary N) is 1. The molecule has 1 aliphatic rings. The Balaban J connectivity index is 1.33. The van der Waals surface area contributed by atoms with Gasteiger partial charge in [0.2, 0.25) is 5.89 Å². The molecule has 1 N–H and O–H groups in total. The highest BCUT2D eigenvalue weighted by atomic mass is 19.1. The minimum Gasteiger partial charge on any atom is -0.444 e. The molecule has 2 heterocycles. The third-order valence-corrected chi connectivity index (χ3v) is 4.72. The third-order valence-electron chi connectivity index (χ3n) is 4.72. The van der Waals surface area contributed by atoms with E-state index in [4.69, 9.17) is 4.42 Å². The molecule has 0 bridgehead atoms. The lowest BCUT2D eigenvalue weighted by atomic mass is 9.96. The summed E-state index contributed by atoms with van der Waals surface area (Å²) in [5, 5.41) is 2.88. The highest BCUT2D eigenvalue weighted by molar-refractivity contribution is 5.92. The minimum absolute atomic E-state index is 0.175. The Morgan fingerprint density at radius 1 is 1.07 bits per heavy atom. The smallest absolute Gasteiger partial charge is 0.269 e. The van der Waals surface area contributed by atoms with Crippen molar-refractivity contribution in [1.29, 1.82) is 0 Å². The number of pyridine rings is 1. The van der Waals surface area contributed by atoms with Gasteiger partial charge < -0.3 is 9.73 Å². The van der Waals surface area contributed by atoms with Crippen LogP contribution in [0, 0.1) is 5.82 Å². The Morgan fingerprint density at radius 2 is 1.89 bits per heavy atom. The molecule has 0 unspecified atom stereocenters. The van der Waals surface area contributed by atoms with Crippen LogP contribution in [0.2, 0.25) is 0 Å². The van der Waals surface area contributed by atoms with Crippen LogP contribution in [-0.4, -0.2) is 22.4 Å². The average molecular weight is 365 g/mol. The van der Waals surface area contributed by atoms with Crippen LogP contribution in [0.15, 0.2) is 47.1 Å². The fourth-order valence-corrected chi connectivity index (χ4v) is 3.25. The summed E-state index contributed by atoms with van der Waals surface area (Å²) in [6.07, 6.45) is 6.42. The van der Waals surface area contributed by atoms with Crippen molar-refractivity contribution in [2.24, 2.45) is 0 Å². The van der Waals surface area contributed by atoms with Gasteiger partial charge in [0, 0.05) is 24.2 Å². The maximum Gasteiger partial charge on any atom is 0.269 e. The molecule has 27 heavy (non-hydrogen) atoms. The zero-order valence-electron chi connectivity index (χ0n) is 14.9. The van der Waals surface area contributed by atoms with Gasteiger partial charge in [-0.05, 0) is 61.6 Å². The number of hydrogen-bond donors (Lipinski definition) is 1. The molecule has 1 aromatic carbocycles. The predicted molar refractivity (Wildman–Crippen MR) is 98.8 cm³/mol. The first-order chi connectivity index (χ1) is 13.2. The van der Waals surface area contributed by atoms with Crippen LogP contribution in [-0.2, 0) is 19.3 Å². The van der Waals surface area contributed by atoms with Crippen molar-refractivity contribution in [1.82, 2.24) is 15.3 Å². The Labute approximate surface area is 156 Å². The van der Waals surface area contributed by atoms with E-state index in [1.807, 2.05) is 6.07 Å². The molecule has 0 atom stereocenters. The Kier molecular flexibility index (Phi) is 4.96. The highest BCUT2D eigenvalue weighted by Crippen LogP contribution is 2.20. The molecule has 2 aromatic heterocycles. The SMILES string of the molecule is O=C(NCCc1coc(-c2ccc(F)cc2)n1)c1ccc2c(n1)CCCC2. The van der Waals surface area contributed by atoms with Crippen LogP contribution >= 0.6 is 0 Å². The number of fused-ring (bicyclic) bond motifs is 1. The number of carbonyl (C=O) groups excluding carboxylic acids is 1. The Morgan fingerprint density at radius 3 is 2.74 bits per heavy atom. The average Bonchev–Trinajstić information content (AvgIpc) is 3.17. The fourth-order valence-electron chi connectivity index (χ4n) is 3.25. The van der Waals surface area contributed by atoms with E-state index in [-0.39, 0.29) is 11.7 Å². The van der Waals surface area contributed by atoms with Crippen molar-refractivity contribution in [3.8, 4) is 11.5 Å². The van der Waals surface area contributed by atoms with Crippen LogP contribution < -0.4 is 5.32 Å². The molecule has 1 amide bonds. The van der Waals surface area contributed by atoms with Crippen LogP contribution in [0.1, 0.15) is 40.3 Å². The Bertz CT molecular complexity index is 950. The maximum atomic E-state index is 13.0. The number of aryl methyl sites for hydroxylation is 2. The molecule has 6 heteroatoms. The van der Waals surface area contributed by atoms with Crippen LogP contribution in [0.5, 0.6) is 0 Å². The highest BCUT2D eigenvalue weighted by Gasteiger charge is 2.14. The minimum atomic E-state index is -0.302. The van der Waals surface area contributed by atoms with Crippen molar-refractivity contribution < 1.29 is 13.6 Å². The van der Waals surface area contributed by atoms with Gasteiger partial charge in [-0.15, -0.1) is 0 Å². The first kappa shape index (κ1) is 17.4. The van der Waals surface area contributed by atoms with Crippen LogP contribution in [0.3, 0.4) is 0 Å². The van der Waals surface area contributed by atoms with Gasteiger partial charge in [-0.3, -0.25) is 4.79 Å². The molecule has 0 radical (unpaired) electrons. The number of benzene rings is 1. The zero-order chi connectivity index (χ0) is 18.6. The van der Waals surface area contributed by atoms with Gasteiger partial charge in [-0.1, -0.05) is 6.07 Å². The van der Waals surface area contributed by atoms with E-state index in [9.17, 15) is 9.18 Å². The molecular weight excluding hydrogens is 345 g/mol. The molecule has 0 saturated carbocycles. The number of carbonyl (C=O) groups is 1. The van der Waals surface area contributed by atoms with Crippen molar-refractivity contribution in [3.63, 3.8) is 0 Å². The number of amides is 1. The lowest BCUT2D eigenvalue weighted by Crippen LogP contribution is -2.27. The maximum absolute atomic E-state index is 13.0. The molecule has 0 spiro atoms. The molecular formula is C21H20FN3O2. The van der Waals surface area contributed by atoms with Gasteiger partial charge >= 0.3 is 0 Å². The number of oxazole rings is 1. The molecule has 5 nitrogen and oxygen atoms in total. The summed E-state index contributed by atoms with van der Waals surface area (Å²) in [4.78, 5) is 21.2. The molecule has 1 aliphatic carbocycles. The van der Waals surface area contributed by atoms with Gasteiger partial charge in [-0.25, -0.2) is 14.4 Å². The number of aromatic nitrogens is 2. The molecule has 0 saturated heterocycles. The molecule has 0 aliphatic heterocycles. The second-order valence-electron chi connectivity index (χ2n) is 6.67. The lowest BCUT2D eigenvalue weighted by molar-refractivity contribution is 0.0948. The van der Waals surface area contributed by atoms with Crippen molar-refractivity contribution in [2.45, 2.75) is 32.1 Å². The summed E-state index contributed by atoms with van der Waals surface area (Å²) in [6, 6.07) is 9.78. The summed E-state index contributed by atoms with van der Waals surface area (Å²) in [5.74, 6) is -0.0395. The van der Waals surface area contributed by atoms with Crippen molar-refractivity contribution >= 4 is 5.91 Å². The topological polar surface area (TPSA) is 68.0 Å². The largest absolute Gasteiger partial charge is 0.444 e. The van der Waals surface area contributed by atoms with Gasteiger partial charge in [0.15, 0.2) is 0 Å². The van der Waals surface area contributed by atoms with Gasteiger partial charge in [0.25, 0.3) is 5.91 Å². The normalized spacial score (nSPS) is 13.2. The first-order valence-corrected chi connectivity index (χ1v) is 9.16. The summed E-state index contributed by atoms with van der Waals surface area (Å²) in [5.41, 5.74) is 4.21. The Hall–Kier alpha value is -3.02. The second-order valence-corrected chi connectivity index (χ2v) is 6.67. The number of nitrogens with zero attached hydrogens (tertiary/aromatic N) is 2. The molecule has 4 rings (SSSR count). The van der Waals surface area contributed by atoms with Crippen LogP contribution in [0.25, 0.3) is 11.5 Å². The number of halogens is 1. The number of hydrogen-bond acceptors (Lipinski definition) is 4. The predicted octanol–water partition coefficient (Wildman–Crippen LogP) is 3.73. The van der Waals surface area contributed by atoms with Gasteiger partial charge in [0.05, 0.1) is 5.69 Å². The van der Waals surface area contributed by atoms with E-state index < -0.39 is 0 Å². The quantitative estimate of drug-likeness (QED) is 0.748. The summed E-state index contributed by atoms with van der Waals surface area (Å²) < 4.78 is 18.4. The monoisotopic (exact) mass is 365 g/mol. The van der Waals surface area contributed by atoms with Crippen molar-refractivity contribution in [2.75, 3.05) is 6.54 Å². The van der Waals surface area contributed by atoms with E-state index in [0.29, 0.717) is 30.1 Å². The van der Waals surface area contributed by atoms with E-state index in [1.54, 1.807) is 24.5 Å². The first-order valence-electron chi connectivity index (χ1n) is 9.16. The summed E-state index contributed by atoms with van der Waals surface area (Å²) in [6.45, 7) is 0.437. The lowest BCUT2D eigenvalue weighted by Gasteiger charge is -2.15. The summed E-state index contributed by atoms with van der Waals surface area (Å²) >= 11 is 0. The fraction of sp³-hybridized carbons (Fsp3) is 0.286. The zero-order valence-corrected chi connectivity index (χ0v) is 14.9. The van der Waals surface area contributed by atoms with Gasteiger partial charge in [0.1, 0.15) is 17.8 Å². The molecule has 3 aromatic rings. The summed E-state index contributed by atoms with van der Waals surface area (Å²) in [7, 11) is 0. The van der Waals surface area contributed by atoms with E-state index in [2.05, 4.69) is 15.3 Å². The standard InChI is InChI=1S/C21H20FN3O2/c22-16-8-5-15(6-9-16)21-24-17(13-27-21)11-12-23-20(26)19-10-7-14-3-1-2-4-18(14)25-19/h5-10,13H,1-4,11-12H2,(H,23,26). The van der Waals surface area contributed by atoms with Crippen LogP contribution in [0.4, 0.5) is 4.39 Å². The van der Waals surface area contributed by atoms with E-state index in [0.717, 1.165) is 30.7 Å². The van der Waals surface area contributed by atoms with E-state index in [1.165, 1.54) is 24.1 Å². The van der Waals surface area contributed by atoms with E-state index >= 15 is 0 Å². The van der Waals surface area contributed by atoms with Crippen molar-refractivity contribution in [3.05, 3.63) is 71.1 Å². The third kappa shape index (κ3) is 4.05. The number of rotatable bonds is 5. The molecule has 0 fully saturated rings. The van der Waals surface area contributed by atoms with Gasteiger partial charge in [-0.2, -0.15) is 0 Å². The second kappa shape index (κ2) is 7.70. The molecule has 138 valence electrons.